The Labute approximate surface area is 104 Å². The summed E-state index contributed by atoms with van der Waals surface area (Å²) in [6.07, 6.45) is 6.26. The van der Waals surface area contributed by atoms with Gasteiger partial charge in [0.25, 0.3) is 0 Å². The summed E-state index contributed by atoms with van der Waals surface area (Å²) >= 11 is 0. The highest BCUT2D eigenvalue weighted by molar-refractivity contribution is 5.55. The highest BCUT2D eigenvalue weighted by Gasteiger charge is 2.11. The molecule has 0 fully saturated rings. The normalized spacial score (nSPS) is 14.4. The molecular formula is C15H23NO. The third-order valence-corrected chi connectivity index (χ3v) is 3.38. The van der Waals surface area contributed by atoms with Crippen LogP contribution in [0.4, 0.5) is 5.69 Å². The molecule has 1 aliphatic carbocycles. The topological polar surface area (TPSA) is 21.3 Å². The number of fused-ring (bicyclic) bond motifs is 1. The van der Waals surface area contributed by atoms with Crippen molar-refractivity contribution in [3.8, 4) is 0 Å². The molecule has 1 aromatic carbocycles. The van der Waals surface area contributed by atoms with Gasteiger partial charge >= 0.3 is 0 Å². The Hall–Kier alpha value is -1.02. The van der Waals surface area contributed by atoms with Crippen molar-refractivity contribution >= 4 is 5.69 Å². The first-order chi connectivity index (χ1) is 8.42. The Morgan fingerprint density at radius 1 is 1.24 bits per heavy atom. The zero-order chi connectivity index (χ0) is 11.9. The first-order valence-corrected chi connectivity index (χ1v) is 6.84. The van der Waals surface area contributed by atoms with Crippen molar-refractivity contribution in [1.82, 2.24) is 0 Å². The molecule has 0 unspecified atom stereocenters. The molecule has 0 aliphatic heterocycles. The van der Waals surface area contributed by atoms with Gasteiger partial charge in [-0.25, -0.2) is 0 Å². The van der Waals surface area contributed by atoms with E-state index in [9.17, 15) is 0 Å². The van der Waals surface area contributed by atoms with Crippen LogP contribution < -0.4 is 5.32 Å². The van der Waals surface area contributed by atoms with Gasteiger partial charge in [-0.1, -0.05) is 12.1 Å². The first kappa shape index (κ1) is 12.4. The summed E-state index contributed by atoms with van der Waals surface area (Å²) in [6, 6.07) is 6.67. The van der Waals surface area contributed by atoms with Gasteiger partial charge in [-0.15, -0.1) is 0 Å². The van der Waals surface area contributed by atoms with E-state index in [4.69, 9.17) is 4.74 Å². The second-order valence-corrected chi connectivity index (χ2v) is 4.63. The van der Waals surface area contributed by atoms with E-state index in [1.807, 2.05) is 6.92 Å². The molecule has 0 amide bonds. The van der Waals surface area contributed by atoms with E-state index < -0.39 is 0 Å². The largest absolute Gasteiger partial charge is 0.385 e. The van der Waals surface area contributed by atoms with Gasteiger partial charge in [-0.05, 0) is 56.2 Å². The number of nitrogens with one attached hydrogen (secondary N) is 1. The fourth-order valence-corrected chi connectivity index (χ4v) is 2.49. The van der Waals surface area contributed by atoms with Crippen molar-refractivity contribution in [3.63, 3.8) is 0 Å². The molecule has 1 N–H and O–H groups in total. The van der Waals surface area contributed by atoms with Crippen LogP contribution in [-0.2, 0) is 17.6 Å². The minimum Gasteiger partial charge on any atom is -0.385 e. The number of hydrogen-bond acceptors (Lipinski definition) is 2. The van der Waals surface area contributed by atoms with Gasteiger partial charge in [0.05, 0.1) is 0 Å². The summed E-state index contributed by atoms with van der Waals surface area (Å²) in [7, 11) is 0. The third kappa shape index (κ3) is 3.47. The molecule has 2 rings (SSSR count). The number of anilines is 1. The molecule has 94 valence electrons. The Bertz CT molecular complexity index is 349. The summed E-state index contributed by atoms with van der Waals surface area (Å²) in [4.78, 5) is 0. The molecule has 0 bridgehead atoms. The average molecular weight is 233 g/mol. The van der Waals surface area contributed by atoms with E-state index in [-0.39, 0.29) is 0 Å². The van der Waals surface area contributed by atoms with Crippen LogP contribution in [0.2, 0.25) is 0 Å². The van der Waals surface area contributed by atoms with Gasteiger partial charge in [0, 0.05) is 25.4 Å². The fraction of sp³-hybridized carbons (Fsp3) is 0.600. The second-order valence-electron chi connectivity index (χ2n) is 4.63. The zero-order valence-electron chi connectivity index (χ0n) is 10.8. The van der Waals surface area contributed by atoms with Crippen LogP contribution >= 0.6 is 0 Å². The Morgan fingerprint density at radius 2 is 2.12 bits per heavy atom. The van der Waals surface area contributed by atoms with Gasteiger partial charge in [0.15, 0.2) is 0 Å². The number of rotatable bonds is 6. The zero-order valence-corrected chi connectivity index (χ0v) is 10.8. The lowest BCUT2D eigenvalue weighted by atomic mass is 9.90. The Morgan fingerprint density at radius 3 is 3.00 bits per heavy atom. The summed E-state index contributed by atoms with van der Waals surface area (Å²) in [5, 5.41) is 3.55. The molecule has 1 aromatic rings. The highest BCUT2D eigenvalue weighted by Crippen LogP contribution is 2.27. The molecular weight excluding hydrogens is 210 g/mol. The SMILES string of the molecule is CCOCCCNc1cccc2c1CCCC2. The van der Waals surface area contributed by atoms with E-state index >= 15 is 0 Å². The van der Waals surface area contributed by atoms with Crippen molar-refractivity contribution in [2.75, 3.05) is 25.1 Å². The first-order valence-electron chi connectivity index (χ1n) is 6.84. The molecule has 0 radical (unpaired) electrons. The smallest absolute Gasteiger partial charge is 0.0482 e. The predicted octanol–water partition coefficient (Wildman–Crippen LogP) is 3.40. The maximum Gasteiger partial charge on any atom is 0.0482 e. The molecule has 0 atom stereocenters. The lowest BCUT2D eigenvalue weighted by Gasteiger charge is -2.20. The van der Waals surface area contributed by atoms with Crippen LogP contribution in [0.1, 0.15) is 37.3 Å². The number of hydrogen-bond donors (Lipinski definition) is 1. The lowest BCUT2D eigenvalue weighted by Crippen LogP contribution is -2.10. The Balaban J connectivity index is 1.87. The molecule has 2 heteroatoms. The van der Waals surface area contributed by atoms with Crippen LogP contribution in [0.15, 0.2) is 18.2 Å². The summed E-state index contributed by atoms with van der Waals surface area (Å²) in [5.74, 6) is 0. The van der Waals surface area contributed by atoms with Crippen LogP contribution in [0.3, 0.4) is 0 Å². The number of benzene rings is 1. The molecule has 0 heterocycles. The molecule has 1 aliphatic rings. The number of ether oxygens (including phenoxy) is 1. The van der Waals surface area contributed by atoms with E-state index in [1.165, 1.54) is 31.4 Å². The fourth-order valence-electron chi connectivity index (χ4n) is 2.49. The molecule has 0 saturated heterocycles. The summed E-state index contributed by atoms with van der Waals surface area (Å²) < 4.78 is 5.34. The van der Waals surface area contributed by atoms with Crippen LogP contribution in [0.5, 0.6) is 0 Å². The third-order valence-electron chi connectivity index (χ3n) is 3.38. The van der Waals surface area contributed by atoms with E-state index in [0.29, 0.717) is 0 Å². The van der Waals surface area contributed by atoms with Crippen molar-refractivity contribution < 1.29 is 4.74 Å². The standard InChI is InChI=1S/C15H23NO/c1-2-17-12-6-11-16-15-10-5-8-13-7-3-4-9-14(13)15/h5,8,10,16H,2-4,6-7,9,11-12H2,1H3. The molecule has 0 spiro atoms. The molecule has 17 heavy (non-hydrogen) atoms. The number of aryl methyl sites for hydroxylation is 1. The Kier molecular flexibility index (Phi) is 4.87. The lowest BCUT2D eigenvalue weighted by molar-refractivity contribution is 0.147. The summed E-state index contributed by atoms with van der Waals surface area (Å²) in [6.45, 7) is 4.73. The predicted molar refractivity (Wildman–Crippen MR) is 72.7 cm³/mol. The maximum absolute atomic E-state index is 5.34. The van der Waals surface area contributed by atoms with Crippen LogP contribution in [0, 0.1) is 0 Å². The van der Waals surface area contributed by atoms with Crippen molar-refractivity contribution in [2.45, 2.75) is 39.0 Å². The van der Waals surface area contributed by atoms with Crippen LogP contribution in [-0.4, -0.2) is 19.8 Å². The monoisotopic (exact) mass is 233 g/mol. The minimum atomic E-state index is 0.820. The van der Waals surface area contributed by atoms with Gasteiger partial charge in [0.1, 0.15) is 0 Å². The second kappa shape index (κ2) is 6.65. The van der Waals surface area contributed by atoms with E-state index in [0.717, 1.165) is 26.2 Å². The van der Waals surface area contributed by atoms with Gasteiger partial charge in [-0.3, -0.25) is 0 Å². The van der Waals surface area contributed by atoms with Crippen molar-refractivity contribution in [1.29, 1.82) is 0 Å². The van der Waals surface area contributed by atoms with E-state index in [2.05, 4.69) is 23.5 Å². The molecule has 2 nitrogen and oxygen atoms in total. The van der Waals surface area contributed by atoms with Gasteiger partial charge in [-0.2, -0.15) is 0 Å². The van der Waals surface area contributed by atoms with Crippen LogP contribution in [0.25, 0.3) is 0 Å². The van der Waals surface area contributed by atoms with Crippen molar-refractivity contribution in [3.05, 3.63) is 29.3 Å². The van der Waals surface area contributed by atoms with Crippen molar-refractivity contribution in [2.24, 2.45) is 0 Å². The average Bonchev–Trinajstić information content (AvgIpc) is 2.39. The maximum atomic E-state index is 5.34. The highest BCUT2D eigenvalue weighted by atomic mass is 16.5. The van der Waals surface area contributed by atoms with E-state index in [1.54, 1.807) is 11.1 Å². The van der Waals surface area contributed by atoms with Gasteiger partial charge in [0.2, 0.25) is 0 Å². The minimum absolute atomic E-state index is 0.820. The summed E-state index contributed by atoms with van der Waals surface area (Å²) in [5.41, 5.74) is 4.44. The molecule has 0 aromatic heterocycles. The quantitative estimate of drug-likeness (QED) is 0.760. The molecule has 0 saturated carbocycles. The van der Waals surface area contributed by atoms with Gasteiger partial charge < -0.3 is 10.1 Å².